The van der Waals surface area contributed by atoms with Crippen molar-refractivity contribution in [3.05, 3.63) is 67.1 Å². The number of hydrazone groups is 1. The summed E-state index contributed by atoms with van der Waals surface area (Å²) in [6.07, 6.45) is 0. The highest BCUT2D eigenvalue weighted by Crippen LogP contribution is 2.33. The summed E-state index contributed by atoms with van der Waals surface area (Å²) in [5, 5.41) is 15.3. The summed E-state index contributed by atoms with van der Waals surface area (Å²) in [6, 6.07) is 8.60. The van der Waals surface area contributed by atoms with Crippen LogP contribution in [0, 0.1) is 10.1 Å². The van der Waals surface area contributed by atoms with Gasteiger partial charge in [-0.2, -0.15) is 5.10 Å². The molecule has 7 nitrogen and oxygen atoms in total. The maximum atomic E-state index is 11.8. The smallest absolute Gasteiger partial charge is 0.277 e. The van der Waals surface area contributed by atoms with Gasteiger partial charge >= 0.3 is 0 Å². The molecule has 0 spiro atoms. The zero-order valence-corrected chi connectivity index (χ0v) is 15.6. The topological polar surface area (TPSA) is 93.8 Å². The number of rotatable bonds is 6. The monoisotopic (exact) mass is 415 g/mol. The number of hydrogen-bond acceptors (Lipinski definition) is 5. The van der Waals surface area contributed by atoms with Gasteiger partial charge in [0, 0.05) is 18.2 Å². The molecule has 0 unspecified atom stereocenters. The number of benzene rings is 2. The fourth-order valence-electron chi connectivity index (χ4n) is 1.83. The zero-order valence-electron chi connectivity index (χ0n) is 13.3. The van der Waals surface area contributed by atoms with E-state index in [-0.39, 0.29) is 33.1 Å². The van der Waals surface area contributed by atoms with Gasteiger partial charge in [-0.3, -0.25) is 14.9 Å². The second-order valence-corrected chi connectivity index (χ2v) is 6.24. The molecule has 0 bridgehead atoms. The van der Waals surface area contributed by atoms with Crippen LogP contribution >= 0.6 is 34.8 Å². The van der Waals surface area contributed by atoms with Crippen LogP contribution in [0.15, 0.2) is 41.5 Å². The summed E-state index contributed by atoms with van der Waals surface area (Å²) in [4.78, 5) is 22.0. The molecule has 0 radical (unpaired) electrons. The first-order valence-electron chi connectivity index (χ1n) is 7.13. The first kappa shape index (κ1) is 20.0. The van der Waals surface area contributed by atoms with Crippen LogP contribution < -0.4 is 10.2 Å². The lowest BCUT2D eigenvalue weighted by Gasteiger charge is -2.08. The highest BCUT2D eigenvalue weighted by Gasteiger charge is 2.10. The average Bonchev–Trinajstić information content (AvgIpc) is 2.61. The molecule has 0 atom stereocenters. The molecule has 2 rings (SSSR count). The Balaban J connectivity index is 1.94. The van der Waals surface area contributed by atoms with Gasteiger partial charge in [0.1, 0.15) is 5.75 Å². The van der Waals surface area contributed by atoms with Crippen molar-refractivity contribution in [2.24, 2.45) is 5.10 Å². The fourth-order valence-corrected chi connectivity index (χ4v) is 2.42. The van der Waals surface area contributed by atoms with Crippen molar-refractivity contribution in [1.29, 1.82) is 0 Å². The van der Waals surface area contributed by atoms with Gasteiger partial charge in [0.2, 0.25) is 0 Å². The maximum absolute atomic E-state index is 11.8. The van der Waals surface area contributed by atoms with Gasteiger partial charge in [-0.25, -0.2) is 5.43 Å². The van der Waals surface area contributed by atoms with Crippen LogP contribution in [-0.4, -0.2) is 23.1 Å². The van der Waals surface area contributed by atoms with E-state index in [1.165, 1.54) is 36.4 Å². The largest absolute Gasteiger partial charge is 0.482 e. The van der Waals surface area contributed by atoms with Gasteiger partial charge < -0.3 is 4.74 Å². The molecule has 0 aromatic heterocycles. The number of non-ortho nitro benzene ring substituents is 1. The van der Waals surface area contributed by atoms with Gasteiger partial charge in [0.15, 0.2) is 6.61 Å². The number of carbonyl (C=O) groups excluding carboxylic acids is 1. The lowest BCUT2D eigenvalue weighted by Crippen LogP contribution is -2.25. The third-order valence-corrected chi connectivity index (χ3v) is 4.20. The van der Waals surface area contributed by atoms with Gasteiger partial charge in [-0.1, -0.05) is 34.8 Å². The number of hydrogen-bond donors (Lipinski definition) is 1. The number of nitro benzene ring substituents is 1. The van der Waals surface area contributed by atoms with E-state index >= 15 is 0 Å². The summed E-state index contributed by atoms with van der Waals surface area (Å²) >= 11 is 17.6. The minimum atomic E-state index is -0.520. The minimum absolute atomic E-state index is 0.0301. The van der Waals surface area contributed by atoms with Crippen LogP contribution in [0.3, 0.4) is 0 Å². The molecule has 136 valence electrons. The second-order valence-electron chi connectivity index (χ2n) is 5.02. The molecular weight excluding hydrogens is 405 g/mol. The minimum Gasteiger partial charge on any atom is -0.482 e. The predicted molar refractivity (Wildman–Crippen MR) is 100 cm³/mol. The van der Waals surface area contributed by atoms with Crippen LogP contribution in [0.5, 0.6) is 5.75 Å². The Morgan fingerprint density at radius 3 is 2.38 bits per heavy atom. The molecule has 26 heavy (non-hydrogen) atoms. The predicted octanol–water partition coefficient (Wildman–Crippen LogP) is 4.47. The van der Waals surface area contributed by atoms with Gasteiger partial charge in [0.25, 0.3) is 11.6 Å². The normalized spacial score (nSPS) is 11.2. The third kappa shape index (κ3) is 5.32. The van der Waals surface area contributed by atoms with E-state index in [2.05, 4.69) is 10.5 Å². The van der Waals surface area contributed by atoms with E-state index in [0.717, 1.165) is 0 Å². The molecule has 0 aliphatic heterocycles. The van der Waals surface area contributed by atoms with Crippen molar-refractivity contribution in [2.75, 3.05) is 6.61 Å². The maximum Gasteiger partial charge on any atom is 0.277 e. The molecule has 0 fully saturated rings. The lowest BCUT2D eigenvalue weighted by atomic mass is 10.1. The lowest BCUT2D eigenvalue weighted by molar-refractivity contribution is -0.384. The molecule has 2 aromatic rings. The Hall–Kier alpha value is -2.35. The Bertz CT molecular complexity index is 870. The molecule has 0 heterocycles. The van der Waals surface area contributed by atoms with Gasteiger partial charge in [-0.05, 0) is 30.7 Å². The van der Waals surface area contributed by atoms with Crippen LogP contribution in [0.1, 0.15) is 12.5 Å². The van der Waals surface area contributed by atoms with Crippen LogP contribution in [0.4, 0.5) is 5.69 Å². The molecular formula is C16H12Cl3N3O4. The molecule has 10 heteroatoms. The van der Waals surface area contributed by atoms with Crippen molar-refractivity contribution in [3.8, 4) is 5.75 Å². The number of nitrogens with one attached hydrogen (secondary N) is 1. The van der Waals surface area contributed by atoms with Crippen LogP contribution in [-0.2, 0) is 4.79 Å². The van der Waals surface area contributed by atoms with Crippen LogP contribution in [0.2, 0.25) is 15.1 Å². The molecule has 0 aliphatic carbocycles. The molecule has 1 amide bonds. The first-order valence-corrected chi connectivity index (χ1v) is 8.26. The molecule has 2 aromatic carbocycles. The van der Waals surface area contributed by atoms with E-state index in [1.807, 2.05) is 0 Å². The average molecular weight is 417 g/mol. The van der Waals surface area contributed by atoms with E-state index in [4.69, 9.17) is 39.5 Å². The third-order valence-electron chi connectivity index (χ3n) is 3.18. The van der Waals surface area contributed by atoms with Gasteiger partial charge in [0.05, 0.1) is 25.7 Å². The van der Waals surface area contributed by atoms with Crippen LogP contribution in [0.25, 0.3) is 0 Å². The van der Waals surface area contributed by atoms with E-state index < -0.39 is 10.8 Å². The van der Waals surface area contributed by atoms with Crippen molar-refractivity contribution in [3.63, 3.8) is 0 Å². The van der Waals surface area contributed by atoms with E-state index in [0.29, 0.717) is 11.3 Å². The Morgan fingerprint density at radius 2 is 1.77 bits per heavy atom. The molecule has 0 saturated carbocycles. The summed E-state index contributed by atoms with van der Waals surface area (Å²) < 4.78 is 5.28. The van der Waals surface area contributed by atoms with Crippen molar-refractivity contribution in [1.82, 2.24) is 5.43 Å². The Morgan fingerprint density at radius 1 is 1.15 bits per heavy atom. The highest BCUT2D eigenvalue weighted by atomic mass is 35.5. The van der Waals surface area contributed by atoms with E-state index in [1.54, 1.807) is 6.92 Å². The van der Waals surface area contributed by atoms with E-state index in [9.17, 15) is 14.9 Å². The number of nitro groups is 1. The number of nitrogens with zero attached hydrogens (tertiary/aromatic N) is 2. The Labute approximate surface area is 163 Å². The molecule has 1 N–H and O–H groups in total. The number of ether oxygens (including phenoxy) is 1. The SMILES string of the molecule is C/C(=N\NC(=O)COc1cc(Cl)c(Cl)cc1Cl)c1ccc([N+](=O)[O-])cc1. The zero-order chi connectivity index (χ0) is 19.3. The van der Waals surface area contributed by atoms with Crippen molar-refractivity contribution < 1.29 is 14.5 Å². The Kier molecular flexibility index (Phi) is 6.79. The standard InChI is InChI=1S/C16H12Cl3N3O4/c1-9(10-2-4-11(5-3-10)22(24)25)20-21-16(23)8-26-15-7-13(18)12(17)6-14(15)19/h2-7H,8H2,1H3,(H,21,23)/b20-9+. The molecule has 0 saturated heterocycles. The highest BCUT2D eigenvalue weighted by molar-refractivity contribution is 6.43. The van der Waals surface area contributed by atoms with Gasteiger partial charge in [-0.15, -0.1) is 0 Å². The fraction of sp³-hybridized carbons (Fsp3) is 0.125. The summed E-state index contributed by atoms with van der Waals surface area (Å²) in [5.41, 5.74) is 3.39. The summed E-state index contributed by atoms with van der Waals surface area (Å²) in [6.45, 7) is 1.31. The second kappa shape index (κ2) is 8.84. The number of amides is 1. The molecule has 0 aliphatic rings. The number of carbonyl (C=O) groups is 1. The quantitative estimate of drug-likeness (QED) is 0.325. The van der Waals surface area contributed by atoms with Crippen molar-refractivity contribution in [2.45, 2.75) is 6.92 Å². The number of halogens is 3. The summed E-state index contributed by atoms with van der Waals surface area (Å²) in [5.74, 6) is -0.305. The first-order chi connectivity index (χ1) is 12.3. The van der Waals surface area contributed by atoms with Crippen molar-refractivity contribution >= 4 is 52.1 Å². The summed E-state index contributed by atoms with van der Waals surface area (Å²) in [7, 11) is 0.